The van der Waals surface area contributed by atoms with Gasteiger partial charge >= 0.3 is 0 Å². The summed E-state index contributed by atoms with van der Waals surface area (Å²) in [6.45, 7) is 0.132. The van der Waals surface area contributed by atoms with Crippen molar-refractivity contribution in [1.82, 2.24) is 14.8 Å². The van der Waals surface area contributed by atoms with E-state index in [0.717, 1.165) is 0 Å². The van der Waals surface area contributed by atoms with Crippen LogP contribution in [0.4, 0.5) is 5.95 Å². The van der Waals surface area contributed by atoms with Crippen LogP contribution in [0.25, 0.3) is 0 Å². The second-order valence-electron chi connectivity index (χ2n) is 3.92. The van der Waals surface area contributed by atoms with Crippen LogP contribution in [-0.4, -0.2) is 28.9 Å². The minimum Gasteiger partial charge on any atom is -0.366 e. The first-order valence-corrected chi connectivity index (χ1v) is 7.95. The van der Waals surface area contributed by atoms with Crippen LogP contribution in [0.1, 0.15) is 5.56 Å². The smallest absolute Gasteiger partial charge is 0.240 e. The lowest BCUT2D eigenvalue weighted by atomic mass is 10.2. The van der Waals surface area contributed by atoms with E-state index in [9.17, 15) is 8.42 Å². The number of nitrogen functional groups attached to an aromatic ring is 1. The summed E-state index contributed by atoms with van der Waals surface area (Å²) in [5.74, 6) is -0.0621. The Hall–Kier alpha value is -1.92. The molecule has 0 spiro atoms. The van der Waals surface area contributed by atoms with Crippen molar-refractivity contribution < 1.29 is 8.42 Å². The molecule has 2 rings (SSSR count). The predicted octanol–water partition coefficient (Wildman–Crippen LogP) is 0.968. The Bertz CT molecular complexity index is 761. The van der Waals surface area contributed by atoms with Gasteiger partial charge in [-0.05, 0) is 40.2 Å². The molecular weight excluding hydrogens is 346 g/mol. The fourth-order valence-corrected chi connectivity index (χ4v) is 3.18. The van der Waals surface area contributed by atoms with Gasteiger partial charge in [-0.3, -0.25) is 0 Å². The fourth-order valence-electron chi connectivity index (χ4n) is 1.54. The van der Waals surface area contributed by atoms with Crippen LogP contribution in [0.5, 0.6) is 0 Å². The number of hydrogen-bond donors (Lipinski definition) is 1. The van der Waals surface area contributed by atoms with Crippen LogP contribution in [0.3, 0.4) is 0 Å². The Morgan fingerprint density at radius 1 is 1.35 bits per heavy atom. The first-order chi connectivity index (χ1) is 9.42. The zero-order valence-corrected chi connectivity index (χ0v) is 12.6. The van der Waals surface area contributed by atoms with E-state index in [4.69, 9.17) is 11.0 Å². The molecular formula is C11H10BrN5O2S. The summed E-state index contributed by atoms with van der Waals surface area (Å²) >= 11 is 3.14. The molecule has 9 heteroatoms. The predicted molar refractivity (Wildman–Crippen MR) is 75.3 cm³/mol. The van der Waals surface area contributed by atoms with E-state index in [0.29, 0.717) is 10.3 Å². The molecule has 2 N–H and O–H groups in total. The van der Waals surface area contributed by atoms with Gasteiger partial charge in [0.25, 0.3) is 0 Å². The molecule has 1 aromatic heterocycles. The first kappa shape index (κ1) is 14.5. The first-order valence-electron chi connectivity index (χ1n) is 5.51. The molecule has 0 saturated heterocycles. The second kappa shape index (κ2) is 5.60. The number of aryl methyl sites for hydroxylation is 1. The van der Waals surface area contributed by atoms with Crippen molar-refractivity contribution in [2.75, 3.05) is 11.5 Å². The molecule has 20 heavy (non-hydrogen) atoms. The molecule has 0 atom stereocenters. The molecule has 0 unspecified atom stereocenters. The van der Waals surface area contributed by atoms with Gasteiger partial charge in [-0.15, -0.1) is 5.10 Å². The van der Waals surface area contributed by atoms with Gasteiger partial charge in [0.2, 0.25) is 5.95 Å². The Morgan fingerprint density at radius 2 is 2.00 bits per heavy atom. The molecule has 0 radical (unpaired) electrons. The lowest BCUT2D eigenvalue weighted by molar-refractivity contribution is 0.578. The van der Waals surface area contributed by atoms with E-state index in [1.807, 2.05) is 6.07 Å². The summed E-state index contributed by atoms with van der Waals surface area (Å²) < 4.78 is 26.0. The lowest BCUT2D eigenvalue weighted by Crippen LogP contribution is -2.14. The van der Waals surface area contributed by atoms with Crippen LogP contribution >= 0.6 is 15.9 Å². The monoisotopic (exact) mass is 355 g/mol. The number of benzene rings is 1. The van der Waals surface area contributed by atoms with Crippen molar-refractivity contribution in [3.8, 4) is 6.07 Å². The molecule has 0 fully saturated rings. The van der Waals surface area contributed by atoms with Gasteiger partial charge in [-0.1, -0.05) is 0 Å². The van der Waals surface area contributed by atoms with Crippen molar-refractivity contribution in [3.63, 3.8) is 0 Å². The highest BCUT2D eigenvalue weighted by Gasteiger charge is 2.16. The second-order valence-corrected chi connectivity index (χ2v) is 6.74. The fraction of sp³-hybridized carbons (Fsp3) is 0.182. The SMILES string of the molecule is N#Cc1ccc(S(=O)(=O)CCn2nc(N)nc2Br)cc1. The van der Waals surface area contributed by atoms with E-state index >= 15 is 0 Å². The molecule has 0 aliphatic heterocycles. The van der Waals surface area contributed by atoms with Gasteiger partial charge in [-0.25, -0.2) is 13.1 Å². The minimum atomic E-state index is -3.45. The molecule has 7 nitrogen and oxygen atoms in total. The molecule has 1 aromatic carbocycles. The van der Waals surface area contributed by atoms with Crippen LogP contribution in [0.2, 0.25) is 0 Å². The normalized spacial score (nSPS) is 11.2. The van der Waals surface area contributed by atoms with Crippen molar-refractivity contribution in [3.05, 3.63) is 34.6 Å². The number of hydrogen-bond acceptors (Lipinski definition) is 6. The lowest BCUT2D eigenvalue weighted by Gasteiger charge is -2.05. The summed E-state index contributed by atoms with van der Waals surface area (Å²) in [6.07, 6.45) is 0. The Labute approximate surface area is 124 Å². The van der Waals surface area contributed by atoms with Crippen LogP contribution in [-0.2, 0) is 16.4 Å². The van der Waals surface area contributed by atoms with E-state index in [2.05, 4.69) is 26.0 Å². The number of nitrogens with two attached hydrogens (primary N) is 1. The van der Waals surface area contributed by atoms with Gasteiger partial charge in [0, 0.05) is 0 Å². The number of sulfone groups is 1. The van der Waals surface area contributed by atoms with E-state index < -0.39 is 9.84 Å². The number of nitrogens with zero attached hydrogens (tertiary/aromatic N) is 4. The largest absolute Gasteiger partial charge is 0.366 e. The molecule has 0 aliphatic rings. The zero-order chi connectivity index (χ0) is 14.8. The Morgan fingerprint density at radius 3 is 2.50 bits per heavy atom. The average molecular weight is 356 g/mol. The number of aromatic nitrogens is 3. The maximum Gasteiger partial charge on any atom is 0.240 e. The molecule has 2 aromatic rings. The highest BCUT2D eigenvalue weighted by molar-refractivity contribution is 9.10. The highest BCUT2D eigenvalue weighted by Crippen LogP contribution is 2.14. The van der Waals surface area contributed by atoms with Crippen molar-refractivity contribution in [1.29, 1.82) is 5.26 Å². The van der Waals surface area contributed by atoms with Crippen molar-refractivity contribution in [2.24, 2.45) is 0 Å². The van der Waals surface area contributed by atoms with Crippen LogP contribution < -0.4 is 5.73 Å². The summed E-state index contributed by atoms with van der Waals surface area (Å²) in [4.78, 5) is 3.99. The molecule has 0 bridgehead atoms. The number of halogens is 1. The molecule has 104 valence electrons. The van der Waals surface area contributed by atoms with Gasteiger partial charge < -0.3 is 5.73 Å². The standard InChI is InChI=1S/C11H10BrN5O2S/c12-10-15-11(14)16-17(10)5-6-20(18,19)9-3-1-8(7-13)2-4-9/h1-4H,5-6H2,(H2,14,16). The van der Waals surface area contributed by atoms with E-state index in [1.165, 1.54) is 28.9 Å². The van der Waals surface area contributed by atoms with Crippen molar-refractivity contribution in [2.45, 2.75) is 11.4 Å². The van der Waals surface area contributed by atoms with Gasteiger partial charge in [0.1, 0.15) is 0 Å². The van der Waals surface area contributed by atoms with Gasteiger partial charge in [0.15, 0.2) is 14.6 Å². The molecule has 1 heterocycles. The van der Waals surface area contributed by atoms with Gasteiger partial charge in [-0.2, -0.15) is 10.2 Å². The summed E-state index contributed by atoms with van der Waals surface area (Å²) in [6, 6.07) is 7.70. The summed E-state index contributed by atoms with van der Waals surface area (Å²) in [5.41, 5.74) is 5.82. The highest BCUT2D eigenvalue weighted by atomic mass is 79.9. The number of rotatable bonds is 4. The van der Waals surface area contributed by atoms with E-state index in [-0.39, 0.29) is 23.1 Å². The molecule has 0 aliphatic carbocycles. The maximum atomic E-state index is 12.1. The van der Waals surface area contributed by atoms with Crippen LogP contribution in [0.15, 0.2) is 33.9 Å². The number of anilines is 1. The third kappa shape index (κ3) is 3.15. The third-order valence-electron chi connectivity index (χ3n) is 2.56. The third-order valence-corrected chi connectivity index (χ3v) is 4.85. The summed E-state index contributed by atoms with van der Waals surface area (Å²) in [7, 11) is -3.45. The van der Waals surface area contributed by atoms with Crippen LogP contribution in [0, 0.1) is 11.3 Å². The topological polar surface area (TPSA) is 115 Å². The minimum absolute atomic E-state index is 0.0765. The Balaban J connectivity index is 2.15. The number of nitriles is 1. The average Bonchev–Trinajstić information content (AvgIpc) is 2.75. The van der Waals surface area contributed by atoms with Gasteiger partial charge in [0.05, 0.1) is 28.8 Å². The van der Waals surface area contributed by atoms with E-state index in [1.54, 1.807) is 0 Å². The maximum absolute atomic E-state index is 12.1. The zero-order valence-electron chi connectivity index (χ0n) is 10.2. The molecule has 0 saturated carbocycles. The summed E-state index contributed by atoms with van der Waals surface area (Å²) in [5, 5.41) is 12.5. The Kier molecular flexibility index (Phi) is 4.06. The molecule has 0 amide bonds. The quantitative estimate of drug-likeness (QED) is 0.873. The van der Waals surface area contributed by atoms with Crippen molar-refractivity contribution >= 4 is 31.7 Å².